The van der Waals surface area contributed by atoms with Crippen LogP contribution in [0.15, 0.2) is 36.4 Å². The molecule has 1 N–H and O–H groups in total. The number of hydrogen-bond acceptors (Lipinski definition) is 5. The molecule has 0 saturated carbocycles. The summed E-state index contributed by atoms with van der Waals surface area (Å²) in [5.74, 6) is -2.56. The molecule has 0 radical (unpaired) electrons. The van der Waals surface area contributed by atoms with Crippen molar-refractivity contribution in [1.29, 1.82) is 0 Å². The van der Waals surface area contributed by atoms with Gasteiger partial charge in [0.05, 0.1) is 11.5 Å². The van der Waals surface area contributed by atoms with Crippen molar-refractivity contribution >= 4 is 11.9 Å². The third-order valence-corrected chi connectivity index (χ3v) is 3.11. The Labute approximate surface area is 218 Å². The van der Waals surface area contributed by atoms with Crippen LogP contribution in [0.3, 0.4) is 0 Å². The predicted molar refractivity (Wildman–Crippen MR) is 77.2 cm³/mol. The molecule has 0 atom stereocenters. The molecule has 0 aromatic heterocycles. The van der Waals surface area contributed by atoms with E-state index in [0.29, 0.717) is 17.5 Å². The van der Waals surface area contributed by atoms with E-state index >= 15 is 0 Å². The number of carbonyl (C=O) groups is 2. The number of hydrogen-bond donors (Lipinski definition) is 1. The molecule has 122 valence electrons. The summed E-state index contributed by atoms with van der Waals surface area (Å²) in [6, 6.07) is 7.71. The summed E-state index contributed by atoms with van der Waals surface area (Å²) in [6.07, 6.45) is 0.527. The third kappa shape index (κ3) is 9.78. The predicted octanol–water partition coefficient (Wildman–Crippen LogP) is -8.54. The first-order chi connectivity index (χ1) is 10.8. The van der Waals surface area contributed by atoms with Crippen LogP contribution in [-0.4, -0.2) is 17.0 Å². The molecule has 0 unspecified atom stereocenters. The zero-order valence-electron chi connectivity index (χ0n) is 15.7. The molecule has 0 heterocycles. The summed E-state index contributed by atoms with van der Waals surface area (Å²) in [4.78, 5) is 20.9. The van der Waals surface area contributed by atoms with Gasteiger partial charge in [0.1, 0.15) is 0 Å². The van der Waals surface area contributed by atoms with E-state index in [2.05, 4.69) is 0 Å². The van der Waals surface area contributed by atoms with Gasteiger partial charge in [-0.15, -0.1) is 11.5 Å². The van der Waals surface area contributed by atoms with Crippen LogP contribution in [0.2, 0.25) is 0 Å². The molecule has 0 amide bonds. The summed E-state index contributed by atoms with van der Waals surface area (Å²) in [5.41, 5.74) is 1.33. The number of rotatable bonds is 3. The summed E-state index contributed by atoms with van der Waals surface area (Å²) >= 11 is 0. The monoisotopic (exact) mass is 384 g/mol. The standard InChI is InChI=1S/C9H10O3.C8H8O3.3Na/c1-2-6-5-7(10)3-4-8(6)9(11)12;1-5-4-6(9)2-3-7(5)8(10)11;;;/h3-5,10H,2H2,1H3,(H,11,12);2-4,9H,1H3,(H,10,11);;;/q;;3*+1/p-3. The Bertz CT molecular complexity index is 734. The molecule has 0 fully saturated rings. The van der Waals surface area contributed by atoms with Crippen LogP contribution in [0, 0.1) is 6.92 Å². The fourth-order valence-electron chi connectivity index (χ4n) is 1.94. The fraction of sp³-hybridized carbons (Fsp3) is 0.176. The van der Waals surface area contributed by atoms with Crippen molar-refractivity contribution in [3.05, 3.63) is 58.7 Å². The van der Waals surface area contributed by atoms with Crippen LogP contribution in [-0.2, 0) is 6.42 Å². The summed E-state index contributed by atoms with van der Waals surface area (Å²) in [5, 5.41) is 40.5. The smallest absolute Gasteiger partial charge is 0.872 e. The number of aryl methyl sites for hydroxylation is 2. The van der Waals surface area contributed by atoms with Crippen LogP contribution >= 0.6 is 0 Å². The van der Waals surface area contributed by atoms with E-state index in [1.165, 1.54) is 36.4 Å². The Balaban J connectivity index is -0.000000366. The van der Waals surface area contributed by atoms with E-state index in [1.54, 1.807) is 13.8 Å². The molecular weight excluding hydrogens is 369 g/mol. The van der Waals surface area contributed by atoms with Gasteiger partial charge in [0.15, 0.2) is 0 Å². The molecular formula is C17H15Na3O6. The minimum absolute atomic E-state index is 0. The van der Waals surface area contributed by atoms with Crippen molar-refractivity contribution in [3.63, 3.8) is 0 Å². The van der Waals surface area contributed by atoms with Crippen LogP contribution in [0.4, 0.5) is 0 Å². The molecule has 0 saturated heterocycles. The maximum Gasteiger partial charge on any atom is 1.00 e. The van der Waals surface area contributed by atoms with Gasteiger partial charge in [0, 0.05) is 5.56 Å². The van der Waals surface area contributed by atoms with Gasteiger partial charge < -0.3 is 25.2 Å². The minimum Gasteiger partial charge on any atom is -0.872 e. The van der Waals surface area contributed by atoms with E-state index in [0.717, 1.165) is 0 Å². The number of carboxylic acid groups (broad SMARTS) is 2. The van der Waals surface area contributed by atoms with Crippen LogP contribution in [0.1, 0.15) is 38.8 Å². The first-order valence-corrected chi connectivity index (χ1v) is 6.78. The molecule has 0 aliphatic rings. The topological polar surface area (TPSA) is 124 Å². The molecule has 0 aliphatic carbocycles. The van der Waals surface area contributed by atoms with Crippen molar-refractivity contribution in [3.8, 4) is 11.5 Å². The molecule has 2 aromatic rings. The molecule has 2 aromatic carbocycles. The van der Waals surface area contributed by atoms with Gasteiger partial charge in [0.2, 0.25) is 0 Å². The van der Waals surface area contributed by atoms with E-state index in [-0.39, 0.29) is 111 Å². The Kier molecular flexibility index (Phi) is 17.7. The second kappa shape index (κ2) is 15.0. The Morgan fingerprint density at radius 1 is 0.923 bits per heavy atom. The van der Waals surface area contributed by atoms with Gasteiger partial charge in [0.25, 0.3) is 0 Å². The van der Waals surface area contributed by atoms with Gasteiger partial charge in [-0.25, -0.2) is 4.79 Å². The van der Waals surface area contributed by atoms with E-state index in [4.69, 9.17) is 5.11 Å². The first kappa shape index (κ1) is 30.7. The minimum atomic E-state index is -1.23. The van der Waals surface area contributed by atoms with E-state index in [9.17, 15) is 24.9 Å². The Morgan fingerprint density at radius 2 is 1.38 bits per heavy atom. The van der Waals surface area contributed by atoms with Crippen molar-refractivity contribution in [1.82, 2.24) is 0 Å². The third-order valence-electron chi connectivity index (χ3n) is 3.11. The SMILES string of the molecule is CCc1cc([O-])ccc1C(=O)[O-].Cc1cc([O-])ccc1C(=O)O.[Na+].[Na+].[Na+]. The molecule has 0 aliphatic heterocycles. The van der Waals surface area contributed by atoms with E-state index in [1.807, 2.05) is 0 Å². The average molecular weight is 384 g/mol. The van der Waals surface area contributed by atoms with Gasteiger partial charge >= 0.3 is 94.6 Å². The number of aromatic carboxylic acids is 2. The summed E-state index contributed by atoms with van der Waals surface area (Å²) < 4.78 is 0. The Morgan fingerprint density at radius 3 is 1.77 bits per heavy atom. The average Bonchev–Trinajstić information content (AvgIpc) is 2.46. The zero-order valence-corrected chi connectivity index (χ0v) is 21.7. The van der Waals surface area contributed by atoms with Crippen LogP contribution in [0.5, 0.6) is 11.5 Å². The zero-order chi connectivity index (χ0) is 17.6. The van der Waals surface area contributed by atoms with Crippen molar-refractivity contribution in [2.75, 3.05) is 0 Å². The quantitative estimate of drug-likeness (QED) is 0.525. The number of benzene rings is 2. The van der Waals surface area contributed by atoms with Crippen LogP contribution in [0.25, 0.3) is 0 Å². The van der Waals surface area contributed by atoms with Crippen LogP contribution < -0.4 is 104 Å². The summed E-state index contributed by atoms with van der Waals surface area (Å²) in [6.45, 7) is 3.39. The van der Waals surface area contributed by atoms with Gasteiger partial charge in [-0.2, -0.15) is 0 Å². The molecule has 6 nitrogen and oxygen atoms in total. The van der Waals surface area contributed by atoms with E-state index < -0.39 is 11.9 Å². The molecule has 9 heteroatoms. The molecule has 2 rings (SSSR count). The molecule has 0 bridgehead atoms. The van der Waals surface area contributed by atoms with Gasteiger partial charge in [-0.05, 0) is 30.5 Å². The van der Waals surface area contributed by atoms with Gasteiger partial charge in [-0.1, -0.05) is 37.3 Å². The van der Waals surface area contributed by atoms with Crippen molar-refractivity contribution in [2.24, 2.45) is 0 Å². The Hall–Kier alpha value is -0.0200. The maximum atomic E-state index is 10.8. The van der Waals surface area contributed by atoms with Gasteiger partial charge in [-0.3, -0.25) is 0 Å². The number of carbonyl (C=O) groups excluding carboxylic acids is 1. The fourth-order valence-corrected chi connectivity index (χ4v) is 1.94. The molecule has 0 spiro atoms. The first-order valence-electron chi connectivity index (χ1n) is 6.78. The second-order valence-electron chi connectivity index (χ2n) is 4.74. The largest absolute Gasteiger partial charge is 1.00 e. The second-order valence-corrected chi connectivity index (χ2v) is 4.74. The van der Waals surface area contributed by atoms with Crippen molar-refractivity contribution < 1.29 is 119 Å². The maximum absolute atomic E-state index is 10.8. The number of carboxylic acids is 2. The van der Waals surface area contributed by atoms with Crippen molar-refractivity contribution in [2.45, 2.75) is 20.3 Å². The normalized spacial score (nSPS) is 8.54. The molecule has 26 heavy (non-hydrogen) atoms. The summed E-state index contributed by atoms with van der Waals surface area (Å²) in [7, 11) is 0.